The maximum atomic E-state index is 15.2. The lowest BCUT2D eigenvalue weighted by Gasteiger charge is -2.27. The highest BCUT2D eigenvalue weighted by Crippen LogP contribution is 2.30. The lowest BCUT2D eigenvalue weighted by Crippen LogP contribution is -2.31. The van der Waals surface area contributed by atoms with Crippen LogP contribution in [0.1, 0.15) is 66.0 Å². The number of aryl methyl sites for hydroxylation is 1. The van der Waals surface area contributed by atoms with Crippen molar-refractivity contribution < 1.29 is 9.18 Å². The van der Waals surface area contributed by atoms with Crippen LogP contribution in [0.3, 0.4) is 0 Å². The van der Waals surface area contributed by atoms with Crippen LogP contribution in [-0.4, -0.2) is 69.0 Å². The van der Waals surface area contributed by atoms with Gasteiger partial charge in [-0.05, 0) is 92.0 Å². The van der Waals surface area contributed by atoms with Gasteiger partial charge in [0.2, 0.25) is 0 Å². The highest BCUT2D eigenvalue weighted by molar-refractivity contribution is 6.04. The predicted octanol–water partition coefficient (Wildman–Crippen LogP) is 6.58. The van der Waals surface area contributed by atoms with Crippen molar-refractivity contribution in [1.29, 1.82) is 0 Å². The molecule has 0 spiro atoms. The third-order valence-corrected chi connectivity index (χ3v) is 8.22. The number of carbonyl (C=O) groups is 1. The molecule has 0 aliphatic carbocycles. The van der Waals surface area contributed by atoms with Crippen molar-refractivity contribution in [2.24, 2.45) is 0 Å². The van der Waals surface area contributed by atoms with Crippen LogP contribution in [0.15, 0.2) is 67.3 Å². The van der Waals surface area contributed by atoms with Crippen LogP contribution in [0.25, 0.3) is 5.65 Å². The molecule has 3 aromatic heterocycles. The van der Waals surface area contributed by atoms with E-state index in [1.165, 1.54) is 17.7 Å². The second-order valence-electron chi connectivity index (χ2n) is 13.0. The molecule has 0 saturated heterocycles. The van der Waals surface area contributed by atoms with Gasteiger partial charge in [-0.1, -0.05) is 39.7 Å². The number of likely N-dealkylation sites (N-methyl/N-ethyl adjacent to an activating group) is 2. The standard InChI is InChI=1S/C37H43FN8O/c1-8-44(6)16-17-45(7)24-27-11-13-28(20-32(27)37(3,4)5)43-36(47)31-19-26(25(2)18-33(31)38)12-14-30-23-39-35-34(10-9-15-46(30)35)42-29-21-40-41-22-29/h9-11,13,15,18-23,42H,8,16-17,24H2,1-7H3,(H,40,41)(H,43,47). The van der Waals surface area contributed by atoms with E-state index in [-0.39, 0.29) is 11.0 Å². The minimum Gasteiger partial charge on any atom is -0.350 e. The van der Waals surface area contributed by atoms with Crippen LogP contribution in [0.4, 0.5) is 21.5 Å². The summed E-state index contributed by atoms with van der Waals surface area (Å²) in [6.45, 7) is 14.2. The number of hydrogen-bond acceptors (Lipinski definition) is 6. The molecule has 10 heteroatoms. The fraction of sp³-hybridized carbons (Fsp3) is 0.324. The fourth-order valence-corrected chi connectivity index (χ4v) is 5.35. The van der Waals surface area contributed by atoms with Crippen molar-refractivity contribution in [2.45, 2.75) is 46.6 Å². The number of anilines is 3. The fourth-order valence-electron chi connectivity index (χ4n) is 5.35. The molecule has 3 heterocycles. The molecule has 47 heavy (non-hydrogen) atoms. The van der Waals surface area contributed by atoms with E-state index in [2.05, 4.69) is 95.3 Å². The van der Waals surface area contributed by atoms with E-state index in [1.54, 1.807) is 25.5 Å². The smallest absolute Gasteiger partial charge is 0.258 e. The molecule has 244 valence electrons. The Morgan fingerprint density at radius 3 is 2.55 bits per heavy atom. The third-order valence-electron chi connectivity index (χ3n) is 8.22. The molecule has 1 amide bonds. The Bertz CT molecular complexity index is 1930. The number of fused-ring (bicyclic) bond motifs is 1. The molecule has 0 bridgehead atoms. The van der Waals surface area contributed by atoms with E-state index in [0.29, 0.717) is 28.2 Å². The van der Waals surface area contributed by atoms with Crippen molar-refractivity contribution >= 4 is 28.6 Å². The number of nitrogens with one attached hydrogen (secondary N) is 3. The number of aromatic amines is 1. The van der Waals surface area contributed by atoms with Gasteiger partial charge < -0.3 is 20.4 Å². The first-order valence-corrected chi connectivity index (χ1v) is 15.8. The molecular formula is C37H43FN8O. The Balaban J connectivity index is 1.36. The number of benzene rings is 2. The molecule has 0 fully saturated rings. The Labute approximate surface area is 276 Å². The Morgan fingerprint density at radius 1 is 1.04 bits per heavy atom. The van der Waals surface area contributed by atoms with E-state index in [0.717, 1.165) is 43.1 Å². The number of hydrogen-bond donors (Lipinski definition) is 3. The van der Waals surface area contributed by atoms with E-state index in [9.17, 15) is 4.79 Å². The molecule has 0 atom stereocenters. The van der Waals surface area contributed by atoms with E-state index >= 15 is 4.39 Å². The zero-order valence-corrected chi connectivity index (χ0v) is 28.2. The second-order valence-corrected chi connectivity index (χ2v) is 13.0. The molecule has 3 N–H and O–H groups in total. The molecule has 0 aliphatic heterocycles. The summed E-state index contributed by atoms with van der Waals surface area (Å²) in [6, 6.07) is 12.7. The number of nitrogens with zero attached hydrogens (tertiary/aromatic N) is 5. The van der Waals surface area contributed by atoms with Crippen molar-refractivity contribution in [3.8, 4) is 11.8 Å². The van der Waals surface area contributed by atoms with Gasteiger partial charge in [-0.25, -0.2) is 9.37 Å². The van der Waals surface area contributed by atoms with Gasteiger partial charge in [0.05, 0.1) is 29.3 Å². The number of H-pyrrole nitrogens is 1. The highest BCUT2D eigenvalue weighted by atomic mass is 19.1. The minimum atomic E-state index is -0.596. The lowest BCUT2D eigenvalue weighted by atomic mass is 9.83. The molecular weight excluding hydrogens is 591 g/mol. The summed E-state index contributed by atoms with van der Waals surface area (Å²) in [4.78, 5) is 22.6. The first-order valence-electron chi connectivity index (χ1n) is 15.8. The summed E-state index contributed by atoms with van der Waals surface area (Å²) >= 11 is 0. The van der Waals surface area contributed by atoms with Gasteiger partial charge in [-0.3, -0.25) is 14.3 Å². The number of carbonyl (C=O) groups excluding carboxylic acids is 1. The van der Waals surface area contributed by atoms with Gasteiger partial charge in [-0.2, -0.15) is 5.10 Å². The van der Waals surface area contributed by atoms with Gasteiger partial charge in [-0.15, -0.1) is 0 Å². The summed E-state index contributed by atoms with van der Waals surface area (Å²) in [7, 11) is 4.25. The number of pyridine rings is 1. The molecule has 9 nitrogen and oxygen atoms in total. The average Bonchev–Trinajstić information content (AvgIpc) is 3.70. The quantitative estimate of drug-likeness (QED) is 0.150. The number of imidazole rings is 1. The van der Waals surface area contributed by atoms with Crippen molar-refractivity contribution in [1.82, 2.24) is 29.4 Å². The predicted molar refractivity (Wildman–Crippen MR) is 187 cm³/mol. The van der Waals surface area contributed by atoms with Gasteiger partial charge in [0.1, 0.15) is 11.5 Å². The Kier molecular flexibility index (Phi) is 10.1. The summed E-state index contributed by atoms with van der Waals surface area (Å²) in [5.41, 5.74) is 6.90. The first-order chi connectivity index (χ1) is 22.4. The van der Waals surface area contributed by atoms with Crippen molar-refractivity contribution in [2.75, 3.05) is 44.4 Å². The molecule has 5 rings (SSSR count). The minimum absolute atomic E-state index is 0.0641. The van der Waals surface area contributed by atoms with Gasteiger partial charge in [0, 0.05) is 43.3 Å². The largest absolute Gasteiger partial charge is 0.350 e. The molecule has 5 aromatic rings. The van der Waals surface area contributed by atoms with Gasteiger partial charge in [0.25, 0.3) is 5.91 Å². The topological polar surface area (TPSA) is 93.6 Å². The first kappa shape index (κ1) is 33.4. The molecule has 0 saturated carbocycles. The zero-order valence-electron chi connectivity index (χ0n) is 28.2. The Morgan fingerprint density at radius 2 is 1.83 bits per heavy atom. The average molecular weight is 635 g/mol. The highest BCUT2D eigenvalue weighted by Gasteiger charge is 2.21. The molecule has 0 unspecified atom stereocenters. The van der Waals surface area contributed by atoms with E-state index in [1.807, 2.05) is 34.9 Å². The monoisotopic (exact) mass is 634 g/mol. The number of amides is 1. The second kappa shape index (κ2) is 14.2. The van der Waals surface area contributed by atoms with E-state index in [4.69, 9.17) is 0 Å². The molecule has 2 aromatic carbocycles. The number of halogens is 1. The summed E-state index contributed by atoms with van der Waals surface area (Å²) < 4.78 is 17.1. The van der Waals surface area contributed by atoms with Crippen LogP contribution in [0.2, 0.25) is 0 Å². The SMILES string of the molecule is CCN(C)CCN(C)Cc1ccc(NC(=O)c2cc(C#Cc3cnc4c(Nc5cn[nH]c5)cccn34)c(C)cc2F)cc1C(C)(C)C. The van der Waals surface area contributed by atoms with Gasteiger partial charge in [0.15, 0.2) is 5.65 Å². The zero-order chi connectivity index (χ0) is 33.7. The normalized spacial score (nSPS) is 11.6. The van der Waals surface area contributed by atoms with Gasteiger partial charge >= 0.3 is 0 Å². The maximum Gasteiger partial charge on any atom is 0.258 e. The van der Waals surface area contributed by atoms with Crippen LogP contribution in [-0.2, 0) is 12.0 Å². The van der Waals surface area contributed by atoms with Crippen molar-refractivity contribution in [3.63, 3.8) is 0 Å². The van der Waals surface area contributed by atoms with Crippen LogP contribution < -0.4 is 10.6 Å². The number of aromatic nitrogens is 4. The number of rotatable bonds is 10. The summed E-state index contributed by atoms with van der Waals surface area (Å²) in [6.07, 6.45) is 7.01. The van der Waals surface area contributed by atoms with Crippen molar-refractivity contribution in [3.05, 3.63) is 107 Å². The molecule has 0 radical (unpaired) electrons. The molecule has 0 aliphatic rings. The maximum absolute atomic E-state index is 15.2. The summed E-state index contributed by atoms with van der Waals surface area (Å²) in [5.74, 6) is 5.17. The Hall–Kier alpha value is -4.98. The van der Waals surface area contributed by atoms with Crippen LogP contribution in [0.5, 0.6) is 0 Å². The lowest BCUT2D eigenvalue weighted by molar-refractivity contribution is 0.102. The van der Waals surface area contributed by atoms with Crippen LogP contribution >= 0.6 is 0 Å². The van der Waals surface area contributed by atoms with Crippen LogP contribution in [0, 0.1) is 24.6 Å². The van der Waals surface area contributed by atoms with E-state index < -0.39 is 11.7 Å². The summed E-state index contributed by atoms with van der Waals surface area (Å²) in [5, 5.41) is 13.0. The third kappa shape index (κ3) is 8.06.